The van der Waals surface area contributed by atoms with Crippen LogP contribution < -0.4 is 0 Å². The summed E-state index contributed by atoms with van der Waals surface area (Å²) < 4.78 is 5.61. The fraction of sp³-hybridized carbons (Fsp3) is 0.0370. The van der Waals surface area contributed by atoms with Crippen LogP contribution >= 0.6 is 0 Å². The molecule has 2 heterocycles. The minimum atomic E-state index is 0.548. The average Bonchev–Trinajstić information content (AvgIpc) is 3.32. The lowest BCUT2D eigenvalue weighted by Gasteiger charge is -2.15. The third-order valence-corrected chi connectivity index (χ3v) is 5.90. The van der Waals surface area contributed by atoms with Crippen LogP contribution in [0.25, 0.3) is 54.9 Å². The van der Waals surface area contributed by atoms with E-state index >= 15 is 0 Å². The minimum Gasteiger partial charge on any atom is -0.464 e. The van der Waals surface area contributed by atoms with E-state index in [0.717, 1.165) is 16.8 Å². The van der Waals surface area contributed by atoms with Gasteiger partial charge < -0.3 is 4.42 Å². The molecular formula is C27H16N2O. The van der Waals surface area contributed by atoms with Gasteiger partial charge in [-0.3, -0.25) is 4.98 Å². The second-order valence-corrected chi connectivity index (χ2v) is 7.57. The lowest BCUT2D eigenvalue weighted by molar-refractivity contribution is 0.582. The van der Waals surface area contributed by atoms with Gasteiger partial charge in [0.15, 0.2) is 0 Å². The van der Waals surface area contributed by atoms with Crippen molar-refractivity contribution in [2.24, 2.45) is 0 Å². The summed E-state index contributed by atoms with van der Waals surface area (Å²) in [6.07, 6.45) is 1.63. The highest BCUT2D eigenvalue weighted by atomic mass is 16.3. The van der Waals surface area contributed by atoms with Gasteiger partial charge in [-0.25, -0.2) is 0 Å². The molecule has 0 aliphatic rings. The summed E-state index contributed by atoms with van der Waals surface area (Å²) in [5, 5.41) is 17.1. The van der Waals surface area contributed by atoms with Crippen LogP contribution in [0.15, 0.2) is 83.5 Å². The Morgan fingerprint density at radius 2 is 1.53 bits per heavy atom. The third-order valence-electron chi connectivity index (χ3n) is 5.90. The zero-order valence-corrected chi connectivity index (χ0v) is 16.3. The molecule has 0 amide bonds. The van der Waals surface area contributed by atoms with E-state index in [9.17, 15) is 5.26 Å². The predicted octanol–water partition coefficient (Wildman–Crippen LogP) is 7.09. The Morgan fingerprint density at radius 1 is 0.800 bits per heavy atom. The summed E-state index contributed by atoms with van der Waals surface area (Å²) in [4.78, 5) is 4.80. The predicted molar refractivity (Wildman–Crippen MR) is 121 cm³/mol. The smallest absolute Gasteiger partial charge is 0.135 e. The SMILES string of the molecule is Cc1nc(-c2ccc3ccc4cccc5ccc2c3c45)cc(-c2ccco2)c1C#N. The van der Waals surface area contributed by atoms with Gasteiger partial charge in [0.1, 0.15) is 11.8 Å². The maximum atomic E-state index is 9.68. The lowest BCUT2D eigenvalue weighted by Crippen LogP contribution is -1.96. The molecule has 6 aromatic rings. The summed E-state index contributed by atoms with van der Waals surface area (Å²) >= 11 is 0. The Labute approximate surface area is 173 Å². The van der Waals surface area contributed by atoms with Gasteiger partial charge in [-0.2, -0.15) is 5.26 Å². The molecule has 30 heavy (non-hydrogen) atoms. The zero-order chi connectivity index (χ0) is 20.2. The molecule has 3 nitrogen and oxygen atoms in total. The highest BCUT2D eigenvalue weighted by molar-refractivity contribution is 6.25. The number of furan rings is 1. The molecule has 0 bridgehead atoms. The molecule has 2 aromatic heterocycles. The van der Waals surface area contributed by atoms with Crippen molar-refractivity contribution in [3.63, 3.8) is 0 Å². The standard InChI is InChI=1S/C27H16N2O/c1-16-23(15-28)22(25-6-3-13-30-25)14-24(29-16)20-11-9-19-8-7-17-4-2-5-18-10-12-21(20)27(19)26(17)18/h2-14H,1H3. The fourth-order valence-corrected chi connectivity index (χ4v) is 4.54. The Bertz CT molecular complexity index is 1590. The van der Waals surface area contributed by atoms with Crippen molar-refractivity contribution in [3.8, 4) is 28.7 Å². The van der Waals surface area contributed by atoms with Gasteiger partial charge in [0, 0.05) is 11.1 Å². The van der Waals surface area contributed by atoms with E-state index in [-0.39, 0.29) is 0 Å². The number of nitriles is 1. The molecule has 6 rings (SSSR count). The summed E-state index contributed by atoms with van der Waals surface area (Å²) in [6.45, 7) is 1.88. The van der Waals surface area contributed by atoms with Crippen molar-refractivity contribution in [1.82, 2.24) is 4.98 Å². The van der Waals surface area contributed by atoms with Crippen molar-refractivity contribution >= 4 is 32.3 Å². The lowest BCUT2D eigenvalue weighted by atomic mass is 9.90. The summed E-state index contributed by atoms with van der Waals surface area (Å²) in [5.41, 5.74) is 3.92. The van der Waals surface area contributed by atoms with Crippen molar-refractivity contribution in [2.75, 3.05) is 0 Å². The largest absolute Gasteiger partial charge is 0.464 e. The van der Waals surface area contributed by atoms with Crippen LogP contribution in [-0.2, 0) is 0 Å². The van der Waals surface area contributed by atoms with Gasteiger partial charge in [0.05, 0.1) is 23.2 Å². The Balaban J connectivity index is 1.71. The highest BCUT2D eigenvalue weighted by Gasteiger charge is 2.17. The fourth-order valence-electron chi connectivity index (χ4n) is 4.54. The monoisotopic (exact) mass is 384 g/mol. The first-order valence-corrected chi connectivity index (χ1v) is 9.87. The van der Waals surface area contributed by atoms with Crippen LogP contribution in [0.4, 0.5) is 0 Å². The van der Waals surface area contributed by atoms with Gasteiger partial charge in [-0.15, -0.1) is 0 Å². The van der Waals surface area contributed by atoms with Gasteiger partial charge in [0.25, 0.3) is 0 Å². The number of hydrogen-bond acceptors (Lipinski definition) is 3. The molecular weight excluding hydrogens is 368 g/mol. The first-order chi connectivity index (χ1) is 14.7. The molecule has 0 aliphatic carbocycles. The number of pyridine rings is 1. The zero-order valence-electron chi connectivity index (χ0n) is 16.3. The van der Waals surface area contributed by atoms with E-state index in [1.165, 1.54) is 32.3 Å². The van der Waals surface area contributed by atoms with E-state index in [0.29, 0.717) is 17.0 Å². The van der Waals surface area contributed by atoms with Crippen LogP contribution in [0, 0.1) is 18.3 Å². The molecule has 0 unspecified atom stereocenters. The van der Waals surface area contributed by atoms with Crippen LogP contribution in [0.2, 0.25) is 0 Å². The van der Waals surface area contributed by atoms with Gasteiger partial charge >= 0.3 is 0 Å². The Morgan fingerprint density at radius 3 is 2.27 bits per heavy atom. The van der Waals surface area contributed by atoms with Crippen molar-refractivity contribution in [3.05, 3.63) is 90.3 Å². The molecule has 0 saturated carbocycles. The summed E-state index contributed by atoms with van der Waals surface area (Å²) in [7, 11) is 0. The first kappa shape index (κ1) is 16.8. The molecule has 0 spiro atoms. The van der Waals surface area contributed by atoms with Gasteiger partial charge in [-0.05, 0) is 57.4 Å². The first-order valence-electron chi connectivity index (χ1n) is 9.87. The van der Waals surface area contributed by atoms with Gasteiger partial charge in [-0.1, -0.05) is 54.6 Å². The van der Waals surface area contributed by atoms with E-state index in [1.54, 1.807) is 6.26 Å². The molecule has 0 saturated heterocycles. The quantitative estimate of drug-likeness (QED) is 0.300. The number of aromatic nitrogens is 1. The number of hydrogen-bond donors (Lipinski definition) is 0. The maximum absolute atomic E-state index is 9.68. The third kappa shape index (κ3) is 2.28. The minimum absolute atomic E-state index is 0.548. The van der Waals surface area contributed by atoms with Crippen LogP contribution in [-0.4, -0.2) is 4.98 Å². The molecule has 0 radical (unpaired) electrons. The van der Waals surface area contributed by atoms with Crippen molar-refractivity contribution in [1.29, 1.82) is 5.26 Å². The Kier molecular flexibility index (Phi) is 3.45. The summed E-state index contributed by atoms with van der Waals surface area (Å²) in [5.74, 6) is 0.677. The average molecular weight is 384 g/mol. The molecule has 0 atom stereocenters. The van der Waals surface area contributed by atoms with Crippen molar-refractivity contribution in [2.45, 2.75) is 6.92 Å². The summed E-state index contributed by atoms with van der Waals surface area (Å²) in [6, 6.07) is 27.4. The second kappa shape index (κ2) is 6.17. The molecule has 0 aliphatic heterocycles. The van der Waals surface area contributed by atoms with E-state index in [2.05, 4.69) is 60.7 Å². The maximum Gasteiger partial charge on any atom is 0.135 e. The molecule has 0 N–H and O–H groups in total. The van der Waals surface area contributed by atoms with Gasteiger partial charge in [0.2, 0.25) is 0 Å². The van der Waals surface area contributed by atoms with Crippen LogP contribution in [0.3, 0.4) is 0 Å². The number of nitrogens with zero attached hydrogens (tertiary/aromatic N) is 2. The normalized spacial score (nSPS) is 11.5. The number of aryl methyl sites for hydroxylation is 1. The molecule has 3 heteroatoms. The number of benzene rings is 4. The van der Waals surface area contributed by atoms with E-state index in [1.807, 2.05) is 25.1 Å². The molecule has 4 aromatic carbocycles. The number of rotatable bonds is 2. The topological polar surface area (TPSA) is 49.8 Å². The van der Waals surface area contributed by atoms with Crippen molar-refractivity contribution < 1.29 is 4.42 Å². The molecule has 0 fully saturated rings. The molecule has 140 valence electrons. The van der Waals surface area contributed by atoms with E-state index < -0.39 is 0 Å². The van der Waals surface area contributed by atoms with Crippen LogP contribution in [0.1, 0.15) is 11.3 Å². The highest BCUT2D eigenvalue weighted by Crippen LogP contribution is 2.40. The second-order valence-electron chi connectivity index (χ2n) is 7.57. The van der Waals surface area contributed by atoms with Crippen LogP contribution in [0.5, 0.6) is 0 Å². The van der Waals surface area contributed by atoms with E-state index in [4.69, 9.17) is 9.40 Å². The Hall–Kier alpha value is -4.16.